The van der Waals surface area contributed by atoms with E-state index in [1.165, 1.54) is 22.8 Å². The predicted octanol–water partition coefficient (Wildman–Crippen LogP) is 3.70. The lowest BCUT2D eigenvalue weighted by molar-refractivity contribution is -0.120. The van der Waals surface area contributed by atoms with Gasteiger partial charge in [-0.25, -0.2) is 8.42 Å². The Morgan fingerprint density at radius 3 is 2.38 bits per heavy atom. The molecule has 0 saturated carbocycles. The summed E-state index contributed by atoms with van der Waals surface area (Å²) in [4.78, 5) is 16.7. The zero-order valence-electron chi connectivity index (χ0n) is 17.6. The molecule has 0 unspecified atom stereocenters. The second-order valence-corrected chi connectivity index (χ2v) is 9.59. The molecule has 1 saturated heterocycles. The Kier molecular flexibility index (Phi) is 6.82. The molecule has 8 heteroatoms. The van der Waals surface area contributed by atoms with E-state index >= 15 is 0 Å². The molecule has 2 heterocycles. The fourth-order valence-electron chi connectivity index (χ4n) is 3.63. The first-order chi connectivity index (χ1) is 15.5. The standard InChI is InChI=1S/C24H25N3O4S/c28-24(20-12-15-27(16-13-20)32(29,30)23-7-4-14-25-17-23)26-21-8-10-22(11-9-21)31-18-19-5-2-1-3-6-19/h1-11,14,17,20H,12-13,15-16,18H2,(H,26,28). The largest absolute Gasteiger partial charge is 0.489 e. The highest BCUT2D eigenvalue weighted by Crippen LogP contribution is 2.25. The number of aromatic nitrogens is 1. The topological polar surface area (TPSA) is 88.6 Å². The molecular weight excluding hydrogens is 426 g/mol. The van der Waals surface area contributed by atoms with Gasteiger partial charge in [-0.15, -0.1) is 0 Å². The van der Waals surface area contributed by atoms with Crippen molar-refractivity contribution in [1.29, 1.82) is 0 Å². The molecule has 0 bridgehead atoms. The number of ether oxygens (including phenoxy) is 1. The van der Waals surface area contributed by atoms with E-state index in [2.05, 4.69) is 10.3 Å². The van der Waals surface area contributed by atoms with Gasteiger partial charge in [0.15, 0.2) is 0 Å². The van der Waals surface area contributed by atoms with E-state index in [9.17, 15) is 13.2 Å². The first-order valence-electron chi connectivity index (χ1n) is 10.5. The minimum atomic E-state index is -3.58. The van der Waals surface area contributed by atoms with E-state index in [1.54, 1.807) is 18.2 Å². The molecule has 3 aromatic rings. The van der Waals surface area contributed by atoms with Crippen LogP contribution in [-0.4, -0.2) is 36.7 Å². The van der Waals surface area contributed by atoms with Crippen LogP contribution in [0.4, 0.5) is 5.69 Å². The Labute approximate surface area is 188 Å². The average Bonchev–Trinajstić information content (AvgIpc) is 2.85. The first kappa shape index (κ1) is 22.0. The zero-order chi connectivity index (χ0) is 22.4. The normalized spacial score (nSPS) is 15.2. The molecule has 1 aliphatic rings. The molecule has 0 spiro atoms. The number of sulfonamides is 1. The lowest BCUT2D eigenvalue weighted by atomic mass is 9.97. The smallest absolute Gasteiger partial charge is 0.244 e. The van der Waals surface area contributed by atoms with Crippen molar-refractivity contribution < 1.29 is 17.9 Å². The highest BCUT2D eigenvalue weighted by Gasteiger charge is 2.32. The van der Waals surface area contributed by atoms with Gasteiger partial charge >= 0.3 is 0 Å². The van der Waals surface area contributed by atoms with Crippen LogP contribution in [0.5, 0.6) is 5.75 Å². The molecule has 0 aliphatic carbocycles. The highest BCUT2D eigenvalue weighted by atomic mass is 32.2. The van der Waals surface area contributed by atoms with E-state index in [0.717, 1.165) is 11.3 Å². The van der Waals surface area contributed by atoms with E-state index in [0.29, 0.717) is 38.2 Å². The van der Waals surface area contributed by atoms with E-state index in [-0.39, 0.29) is 16.7 Å². The number of nitrogens with zero attached hydrogens (tertiary/aromatic N) is 2. The summed E-state index contributed by atoms with van der Waals surface area (Å²) >= 11 is 0. The molecule has 0 atom stereocenters. The van der Waals surface area contributed by atoms with Crippen LogP contribution in [0.25, 0.3) is 0 Å². The lowest BCUT2D eigenvalue weighted by Gasteiger charge is -2.30. The van der Waals surface area contributed by atoms with Gasteiger partial charge in [-0.2, -0.15) is 4.31 Å². The summed E-state index contributed by atoms with van der Waals surface area (Å²) < 4.78 is 32.6. The zero-order valence-corrected chi connectivity index (χ0v) is 18.4. The second kappa shape index (κ2) is 9.93. The second-order valence-electron chi connectivity index (χ2n) is 7.65. The van der Waals surface area contributed by atoms with Gasteiger partial charge in [-0.1, -0.05) is 30.3 Å². The fraction of sp³-hybridized carbons (Fsp3) is 0.250. The van der Waals surface area contributed by atoms with Crippen molar-refractivity contribution in [2.45, 2.75) is 24.3 Å². The van der Waals surface area contributed by atoms with Crippen molar-refractivity contribution in [1.82, 2.24) is 9.29 Å². The summed E-state index contributed by atoms with van der Waals surface area (Å²) in [7, 11) is -3.58. The molecule has 1 fully saturated rings. The summed E-state index contributed by atoms with van der Waals surface area (Å²) in [5.41, 5.74) is 1.77. The fourth-order valence-corrected chi connectivity index (χ4v) is 5.06. The molecule has 1 aromatic heterocycles. The number of nitrogens with one attached hydrogen (secondary N) is 1. The van der Waals surface area contributed by atoms with Crippen LogP contribution in [0, 0.1) is 5.92 Å². The number of hydrogen-bond acceptors (Lipinski definition) is 5. The van der Waals surface area contributed by atoms with Crippen LogP contribution in [0.3, 0.4) is 0 Å². The summed E-state index contributed by atoms with van der Waals surface area (Å²) in [5, 5.41) is 2.93. The maximum Gasteiger partial charge on any atom is 0.244 e. The van der Waals surface area contributed by atoms with Crippen molar-refractivity contribution in [3.05, 3.63) is 84.7 Å². The summed E-state index contributed by atoms with van der Waals surface area (Å²) in [6, 6.07) is 20.3. The molecule has 2 aromatic carbocycles. The van der Waals surface area contributed by atoms with Gasteiger partial charge in [0.25, 0.3) is 0 Å². The quantitative estimate of drug-likeness (QED) is 0.592. The third-order valence-electron chi connectivity index (χ3n) is 5.47. The molecule has 1 N–H and O–H groups in total. The van der Waals surface area contributed by atoms with E-state index in [4.69, 9.17) is 4.74 Å². The maximum absolute atomic E-state index is 12.7. The van der Waals surface area contributed by atoms with E-state index in [1.807, 2.05) is 42.5 Å². The molecule has 1 amide bonds. The van der Waals surface area contributed by atoms with Gasteiger partial charge in [-0.05, 0) is 54.8 Å². The van der Waals surface area contributed by atoms with Gasteiger partial charge in [0, 0.05) is 37.1 Å². The summed E-state index contributed by atoms with van der Waals surface area (Å²) in [6.45, 7) is 1.09. The number of amides is 1. The van der Waals surface area contributed by atoms with Gasteiger partial charge in [0.1, 0.15) is 17.3 Å². The third kappa shape index (κ3) is 5.33. The van der Waals surface area contributed by atoms with Gasteiger partial charge in [0.2, 0.25) is 15.9 Å². The molecular formula is C24H25N3O4S. The first-order valence-corrected chi connectivity index (χ1v) is 11.9. The van der Waals surface area contributed by atoms with Crippen LogP contribution < -0.4 is 10.1 Å². The Morgan fingerprint density at radius 2 is 1.72 bits per heavy atom. The van der Waals surface area contributed by atoms with Crippen molar-refractivity contribution in [2.24, 2.45) is 5.92 Å². The van der Waals surface area contributed by atoms with Gasteiger partial charge in [-0.3, -0.25) is 9.78 Å². The Bertz CT molecular complexity index is 1130. The SMILES string of the molecule is O=C(Nc1ccc(OCc2ccccc2)cc1)C1CCN(S(=O)(=O)c2cccnc2)CC1. The number of pyridine rings is 1. The highest BCUT2D eigenvalue weighted by molar-refractivity contribution is 7.89. The number of piperidine rings is 1. The number of carbonyl (C=O) groups excluding carboxylic acids is 1. The van der Waals surface area contributed by atoms with Gasteiger partial charge < -0.3 is 10.1 Å². The number of benzene rings is 2. The number of rotatable bonds is 7. The van der Waals surface area contributed by atoms with Crippen LogP contribution in [0.2, 0.25) is 0 Å². The predicted molar refractivity (Wildman–Crippen MR) is 122 cm³/mol. The van der Waals surface area contributed by atoms with Crippen molar-refractivity contribution in [2.75, 3.05) is 18.4 Å². The maximum atomic E-state index is 12.7. The molecule has 166 valence electrons. The third-order valence-corrected chi connectivity index (χ3v) is 7.35. The minimum absolute atomic E-state index is 0.0959. The Morgan fingerprint density at radius 1 is 1.00 bits per heavy atom. The molecule has 0 radical (unpaired) electrons. The van der Waals surface area contributed by atoms with Gasteiger partial charge in [0.05, 0.1) is 0 Å². The van der Waals surface area contributed by atoms with E-state index < -0.39 is 10.0 Å². The van der Waals surface area contributed by atoms with Crippen molar-refractivity contribution in [3.63, 3.8) is 0 Å². The van der Waals surface area contributed by atoms with Crippen molar-refractivity contribution in [3.8, 4) is 5.75 Å². The molecule has 7 nitrogen and oxygen atoms in total. The molecule has 4 rings (SSSR count). The average molecular weight is 452 g/mol. The number of hydrogen-bond donors (Lipinski definition) is 1. The lowest BCUT2D eigenvalue weighted by Crippen LogP contribution is -2.41. The van der Waals surface area contributed by atoms with Crippen LogP contribution in [0.1, 0.15) is 18.4 Å². The molecule has 1 aliphatic heterocycles. The number of carbonyl (C=O) groups is 1. The van der Waals surface area contributed by atoms with Crippen LogP contribution >= 0.6 is 0 Å². The minimum Gasteiger partial charge on any atom is -0.489 e. The Balaban J connectivity index is 1.27. The van der Waals surface area contributed by atoms with Crippen LogP contribution in [0.15, 0.2) is 84.0 Å². The Hall–Kier alpha value is -3.23. The number of anilines is 1. The van der Waals surface area contributed by atoms with Crippen molar-refractivity contribution >= 4 is 21.6 Å². The summed E-state index contributed by atoms with van der Waals surface area (Å²) in [6.07, 6.45) is 3.84. The molecule has 32 heavy (non-hydrogen) atoms. The summed E-state index contributed by atoms with van der Waals surface area (Å²) in [5.74, 6) is 0.395. The van der Waals surface area contributed by atoms with Crippen LogP contribution in [-0.2, 0) is 21.4 Å². The monoisotopic (exact) mass is 451 g/mol.